The van der Waals surface area contributed by atoms with Gasteiger partial charge in [0.05, 0.1) is 16.4 Å². The molecule has 21 heavy (non-hydrogen) atoms. The van der Waals surface area contributed by atoms with Crippen molar-refractivity contribution in [2.24, 2.45) is 16.8 Å². The van der Waals surface area contributed by atoms with Crippen LogP contribution >= 0.6 is 11.6 Å². The van der Waals surface area contributed by atoms with Gasteiger partial charge in [0.1, 0.15) is 5.84 Å². The molecule has 1 aromatic rings. The molecule has 1 atom stereocenters. The van der Waals surface area contributed by atoms with E-state index < -0.39 is 0 Å². The number of nitrogens with zero attached hydrogens (tertiary/aromatic N) is 4. The van der Waals surface area contributed by atoms with Crippen LogP contribution in [-0.2, 0) is 19.5 Å². The van der Waals surface area contributed by atoms with Crippen molar-refractivity contribution >= 4 is 17.4 Å². The molecule has 7 heteroatoms. The number of aromatic nitrogens is 2. The van der Waals surface area contributed by atoms with Gasteiger partial charge in [0.15, 0.2) is 0 Å². The molecule has 6 nitrogen and oxygen atoms in total. The maximum Gasteiger partial charge on any atom is 0.143 e. The number of nitrogens with two attached hydrogens (primary N) is 1. The first kappa shape index (κ1) is 17.8. The summed E-state index contributed by atoms with van der Waals surface area (Å²) in [6, 6.07) is 0. The third-order valence-corrected chi connectivity index (χ3v) is 4.10. The van der Waals surface area contributed by atoms with Crippen LogP contribution in [0.4, 0.5) is 0 Å². The van der Waals surface area contributed by atoms with Crippen molar-refractivity contribution in [3.8, 4) is 0 Å². The average Bonchev–Trinajstić information content (AvgIpc) is 2.81. The van der Waals surface area contributed by atoms with Gasteiger partial charge in [-0.05, 0) is 19.9 Å². The summed E-state index contributed by atoms with van der Waals surface area (Å²) in [4.78, 5) is 2.22. The molecule has 1 aromatic heterocycles. The van der Waals surface area contributed by atoms with Crippen LogP contribution in [0.3, 0.4) is 0 Å². The summed E-state index contributed by atoms with van der Waals surface area (Å²) in [6.45, 7) is 11.2. The maximum absolute atomic E-state index is 8.75. The second-order valence-corrected chi connectivity index (χ2v) is 5.51. The fourth-order valence-electron chi connectivity index (χ4n) is 2.26. The third kappa shape index (κ3) is 4.35. The van der Waals surface area contributed by atoms with Gasteiger partial charge in [-0.1, -0.05) is 37.5 Å². The first-order valence-corrected chi connectivity index (χ1v) is 7.79. The Bertz CT molecular complexity index is 486. The molecule has 3 N–H and O–H groups in total. The van der Waals surface area contributed by atoms with Crippen molar-refractivity contribution in [3.05, 3.63) is 16.4 Å². The van der Waals surface area contributed by atoms with Crippen molar-refractivity contribution in [1.82, 2.24) is 14.7 Å². The summed E-state index contributed by atoms with van der Waals surface area (Å²) in [5.41, 5.74) is 7.63. The molecule has 120 valence electrons. The quantitative estimate of drug-likeness (QED) is 0.334. The predicted octanol–water partition coefficient (Wildman–Crippen LogP) is 2.32. The van der Waals surface area contributed by atoms with Crippen LogP contribution in [0.15, 0.2) is 5.16 Å². The Morgan fingerprint density at radius 2 is 2.14 bits per heavy atom. The van der Waals surface area contributed by atoms with E-state index in [0.29, 0.717) is 13.1 Å². The molecule has 1 heterocycles. The molecule has 0 bridgehead atoms. The predicted molar refractivity (Wildman–Crippen MR) is 85.8 cm³/mol. The van der Waals surface area contributed by atoms with Gasteiger partial charge in [-0.25, -0.2) is 0 Å². The van der Waals surface area contributed by atoms with Gasteiger partial charge < -0.3 is 10.9 Å². The molecule has 0 aliphatic heterocycles. The molecule has 1 unspecified atom stereocenters. The molecule has 1 rings (SSSR count). The van der Waals surface area contributed by atoms with Crippen LogP contribution in [0.5, 0.6) is 0 Å². The van der Waals surface area contributed by atoms with Crippen molar-refractivity contribution in [2.75, 3.05) is 13.1 Å². The van der Waals surface area contributed by atoms with Crippen LogP contribution in [0, 0.1) is 5.92 Å². The SMILES string of the molecule is CCc1nn(CC)c(CN(CC)CC(C)C(N)=NO)c1Cl. The Labute approximate surface area is 131 Å². The molecule has 0 fully saturated rings. The van der Waals surface area contributed by atoms with E-state index >= 15 is 0 Å². The number of amidine groups is 1. The lowest BCUT2D eigenvalue weighted by Crippen LogP contribution is -2.35. The van der Waals surface area contributed by atoms with E-state index in [0.717, 1.165) is 35.9 Å². The number of aryl methyl sites for hydroxylation is 2. The second-order valence-electron chi connectivity index (χ2n) is 5.13. The molecule has 0 aromatic carbocycles. The minimum atomic E-state index is -0.0163. The fraction of sp³-hybridized carbons (Fsp3) is 0.714. The molecule has 0 saturated heterocycles. The summed E-state index contributed by atoms with van der Waals surface area (Å²) < 4.78 is 1.96. The van der Waals surface area contributed by atoms with Gasteiger partial charge >= 0.3 is 0 Å². The molecule has 0 aliphatic carbocycles. The number of oxime groups is 1. The average molecular weight is 316 g/mol. The second kappa shape index (κ2) is 8.24. The summed E-state index contributed by atoms with van der Waals surface area (Å²) in [7, 11) is 0. The van der Waals surface area contributed by atoms with E-state index in [9.17, 15) is 0 Å². The third-order valence-electron chi connectivity index (χ3n) is 3.67. The van der Waals surface area contributed by atoms with E-state index in [2.05, 4.69) is 35.9 Å². The van der Waals surface area contributed by atoms with E-state index in [1.54, 1.807) is 0 Å². The van der Waals surface area contributed by atoms with Gasteiger partial charge in [0, 0.05) is 25.6 Å². The normalized spacial score (nSPS) is 13.9. The van der Waals surface area contributed by atoms with E-state index in [-0.39, 0.29) is 11.8 Å². The minimum Gasteiger partial charge on any atom is -0.409 e. The maximum atomic E-state index is 8.75. The highest BCUT2D eigenvalue weighted by Crippen LogP contribution is 2.23. The zero-order valence-electron chi connectivity index (χ0n) is 13.3. The lowest BCUT2D eigenvalue weighted by atomic mass is 10.1. The highest BCUT2D eigenvalue weighted by molar-refractivity contribution is 6.31. The summed E-state index contributed by atoms with van der Waals surface area (Å²) >= 11 is 6.44. The molecule has 0 aliphatic rings. The Balaban J connectivity index is 2.89. The Morgan fingerprint density at radius 3 is 2.62 bits per heavy atom. The topological polar surface area (TPSA) is 79.7 Å². The monoisotopic (exact) mass is 315 g/mol. The first-order chi connectivity index (χ1) is 9.98. The van der Waals surface area contributed by atoms with Gasteiger partial charge in [0.25, 0.3) is 0 Å². The number of hydrogen-bond donors (Lipinski definition) is 2. The smallest absolute Gasteiger partial charge is 0.143 e. The van der Waals surface area contributed by atoms with Crippen LogP contribution in [0.2, 0.25) is 5.02 Å². The van der Waals surface area contributed by atoms with Crippen molar-refractivity contribution < 1.29 is 5.21 Å². The van der Waals surface area contributed by atoms with Crippen LogP contribution in [0.25, 0.3) is 0 Å². The van der Waals surface area contributed by atoms with Gasteiger partial charge in [-0.15, -0.1) is 0 Å². The lowest BCUT2D eigenvalue weighted by Gasteiger charge is -2.24. The first-order valence-electron chi connectivity index (χ1n) is 7.42. The van der Waals surface area contributed by atoms with E-state index in [1.165, 1.54) is 0 Å². The largest absolute Gasteiger partial charge is 0.409 e. The molecular weight excluding hydrogens is 290 g/mol. The summed E-state index contributed by atoms with van der Waals surface area (Å²) in [6.07, 6.45) is 0.825. The Morgan fingerprint density at radius 1 is 1.48 bits per heavy atom. The Kier molecular flexibility index (Phi) is 6.98. The van der Waals surface area contributed by atoms with Gasteiger partial charge in [-0.3, -0.25) is 9.58 Å². The van der Waals surface area contributed by atoms with Crippen LogP contribution < -0.4 is 5.73 Å². The highest BCUT2D eigenvalue weighted by Gasteiger charge is 2.19. The van der Waals surface area contributed by atoms with Crippen LogP contribution in [-0.4, -0.2) is 38.8 Å². The molecule has 0 spiro atoms. The standard InChI is InChI=1S/C14H26ClN5O/c1-5-11-13(15)12(20(7-3)17-11)9-19(6-2)8-10(4)14(16)18-21/h10,21H,5-9H2,1-4H3,(H2,16,18). The molecular formula is C14H26ClN5O. The van der Waals surface area contributed by atoms with Crippen LogP contribution in [0.1, 0.15) is 39.1 Å². The fourth-order valence-corrected chi connectivity index (χ4v) is 2.59. The highest BCUT2D eigenvalue weighted by atomic mass is 35.5. The van der Waals surface area contributed by atoms with Crippen molar-refractivity contribution in [3.63, 3.8) is 0 Å². The van der Waals surface area contributed by atoms with Gasteiger partial charge in [0.2, 0.25) is 0 Å². The number of halogens is 1. The number of hydrogen-bond acceptors (Lipinski definition) is 4. The summed E-state index contributed by atoms with van der Waals surface area (Å²) in [5, 5.41) is 17.1. The molecule has 0 amide bonds. The van der Waals surface area contributed by atoms with Crippen molar-refractivity contribution in [1.29, 1.82) is 0 Å². The lowest BCUT2D eigenvalue weighted by molar-refractivity contribution is 0.250. The Hall–Kier alpha value is -1.27. The molecule has 0 radical (unpaired) electrons. The van der Waals surface area contributed by atoms with E-state index in [1.807, 2.05) is 11.6 Å². The zero-order valence-corrected chi connectivity index (χ0v) is 14.1. The van der Waals surface area contributed by atoms with E-state index in [4.69, 9.17) is 22.5 Å². The number of rotatable bonds is 8. The summed E-state index contributed by atoms with van der Waals surface area (Å²) in [5.74, 6) is 0.232. The zero-order chi connectivity index (χ0) is 16.0. The van der Waals surface area contributed by atoms with Gasteiger partial charge in [-0.2, -0.15) is 5.10 Å². The minimum absolute atomic E-state index is 0.0163. The van der Waals surface area contributed by atoms with Crippen molar-refractivity contribution in [2.45, 2.75) is 47.2 Å². The molecule has 0 saturated carbocycles.